The second kappa shape index (κ2) is 8.16. The Balaban J connectivity index is 1.33. The molecule has 3 amide bonds. The molecule has 4 aromatic rings. The molecule has 8 heteroatoms. The molecule has 162 valence electrons. The second-order valence-corrected chi connectivity index (χ2v) is 7.70. The lowest BCUT2D eigenvalue weighted by molar-refractivity contribution is 0.0642. The van der Waals surface area contributed by atoms with Crippen LogP contribution in [0.4, 0.5) is 5.82 Å². The first kappa shape index (κ1) is 20.3. The standard InChI is InChI=1S/C25H19N5O3/c1-15-21(17-9-11-26-12-10-17)28-29-22(15)27-23(31)18-6-4-5-16(13-18)14-30-24(32)19-7-2-3-8-20(19)25(30)33/h2-13H,14H2,1H3,(H2,27,28,29,31). The lowest BCUT2D eigenvalue weighted by atomic mass is 10.1. The monoisotopic (exact) mass is 437 g/mol. The van der Waals surface area contributed by atoms with E-state index in [0.29, 0.717) is 28.1 Å². The Bertz CT molecular complexity index is 1360. The number of amides is 3. The predicted molar refractivity (Wildman–Crippen MR) is 122 cm³/mol. The first-order chi connectivity index (χ1) is 16.0. The maximum absolute atomic E-state index is 12.9. The van der Waals surface area contributed by atoms with Crippen LogP contribution >= 0.6 is 0 Å². The first-order valence-corrected chi connectivity index (χ1v) is 10.3. The number of carbonyl (C=O) groups is 3. The Hall–Kier alpha value is -4.59. The van der Waals surface area contributed by atoms with Gasteiger partial charge in [0.2, 0.25) is 0 Å². The number of carbonyl (C=O) groups excluding carboxylic acids is 3. The number of imide groups is 1. The molecule has 2 N–H and O–H groups in total. The van der Waals surface area contributed by atoms with Crippen molar-refractivity contribution in [1.29, 1.82) is 0 Å². The molecule has 0 saturated heterocycles. The van der Waals surface area contributed by atoms with Gasteiger partial charge < -0.3 is 5.32 Å². The fourth-order valence-corrected chi connectivity index (χ4v) is 3.88. The summed E-state index contributed by atoms with van der Waals surface area (Å²) in [4.78, 5) is 43.4. The Morgan fingerprint density at radius 2 is 1.67 bits per heavy atom. The van der Waals surface area contributed by atoms with Gasteiger partial charge in [-0.1, -0.05) is 24.3 Å². The highest BCUT2D eigenvalue weighted by atomic mass is 16.2. The van der Waals surface area contributed by atoms with Gasteiger partial charge >= 0.3 is 0 Å². The van der Waals surface area contributed by atoms with Crippen molar-refractivity contribution in [3.05, 3.63) is 101 Å². The van der Waals surface area contributed by atoms with Crippen LogP contribution in [0.5, 0.6) is 0 Å². The van der Waals surface area contributed by atoms with Crippen molar-refractivity contribution in [1.82, 2.24) is 20.1 Å². The summed E-state index contributed by atoms with van der Waals surface area (Å²) in [6.45, 7) is 1.95. The fraction of sp³-hybridized carbons (Fsp3) is 0.0800. The van der Waals surface area contributed by atoms with Crippen LogP contribution in [0.15, 0.2) is 73.1 Å². The molecule has 0 unspecified atom stereocenters. The van der Waals surface area contributed by atoms with E-state index < -0.39 is 0 Å². The van der Waals surface area contributed by atoms with Gasteiger partial charge in [0, 0.05) is 29.1 Å². The van der Waals surface area contributed by atoms with Crippen LogP contribution in [0.3, 0.4) is 0 Å². The summed E-state index contributed by atoms with van der Waals surface area (Å²) in [6, 6.07) is 17.3. The number of rotatable bonds is 5. The third-order valence-electron chi connectivity index (χ3n) is 5.62. The van der Waals surface area contributed by atoms with Crippen LogP contribution in [0, 0.1) is 6.92 Å². The molecule has 0 bridgehead atoms. The van der Waals surface area contributed by atoms with E-state index in [1.54, 1.807) is 60.9 Å². The van der Waals surface area contributed by atoms with Gasteiger partial charge in [-0.25, -0.2) is 0 Å². The van der Waals surface area contributed by atoms with Gasteiger partial charge in [-0.05, 0) is 48.9 Å². The van der Waals surface area contributed by atoms with Crippen LogP contribution in [0.2, 0.25) is 0 Å². The summed E-state index contributed by atoms with van der Waals surface area (Å²) in [6.07, 6.45) is 3.38. The molecule has 0 aliphatic carbocycles. The minimum Gasteiger partial charge on any atom is -0.305 e. The molecule has 33 heavy (non-hydrogen) atoms. The van der Waals surface area contributed by atoms with Crippen molar-refractivity contribution in [2.24, 2.45) is 0 Å². The zero-order valence-corrected chi connectivity index (χ0v) is 17.7. The number of nitrogens with one attached hydrogen (secondary N) is 2. The van der Waals surface area contributed by atoms with Crippen LogP contribution in [-0.2, 0) is 6.54 Å². The summed E-state index contributed by atoms with van der Waals surface area (Å²) >= 11 is 0. The minimum absolute atomic E-state index is 0.0844. The molecule has 3 heterocycles. The maximum Gasteiger partial charge on any atom is 0.261 e. The Kier molecular flexibility index (Phi) is 5.02. The van der Waals surface area contributed by atoms with E-state index in [0.717, 1.165) is 16.8 Å². The molecule has 0 fully saturated rings. The van der Waals surface area contributed by atoms with Crippen molar-refractivity contribution in [2.75, 3.05) is 5.32 Å². The van der Waals surface area contributed by atoms with Gasteiger partial charge in [0.25, 0.3) is 17.7 Å². The van der Waals surface area contributed by atoms with Crippen LogP contribution in [-0.4, -0.2) is 37.8 Å². The largest absolute Gasteiger partial charge is 0.305 e. The van der Waals surface area contributed by atoms with Gasteiger partial charge in [0.1, 0.15) is 0 Å². The van der Waals surface area contributed by atoms with E-state index in [4.69, 9.17) is 0 Å². The van der Waals surface area contributed by atoms with E-state index in [1.807, 2.05) is 19.1 Å². The number of aromatic amines is 1. The van der Waals surface area contributed by atoms with Crippen molar-refractivity contribution < 1.29 is 14.4 Å². The topological polar surface area (TPSA) is 108 Å². The molecule has 1 aliphatic heterocycles. The van der Waals surface area contributed by atoms with Crippen molar-refractivity contribution in [3.8, 4) is 11.3 Å². The van der Waals surface area contributed by atoms with Gasteiger partial charge in [-0.15, -0.1) is 0 Å². The fourth-order valence-electron chi connectivity index (χ4n) is 3.88. The lowest BCUT2D eigenvalue weighted by Gasteiger charge is -2.14. The van der Waals surface area contributed by atoms with E-state index in [-0.39, 0.29) is 24.3 Å². The van der Waals surface area contributed by atoms with Gasteiger partial charge in [0.15, 0.2) is 5.82 Å². The number of anilines is 1. The molecule has 8 nitrogen and oxygen atoms in total. The predicted octanol–water partition coefficient (Wildman–Crippen LogP) is 3.83. The number of H-pyrrole nitrogens is 1. The average molecular weight is 437 g/mol. The molecule has 2 aromatic carbocycles. The Morgan fingerprint density at radius 3 is 2.36 bits per heavy atom. The summed E-state index contributed by atoms with van der Waals surface area (Å²) < 4.78 is 0. The summed E-state index contributed by atoms with van der Waals surface area (Å²) in [5, 5.41) is 10.0. The third kappa shape index (κ3) is 3.67. The quantitative estimate of drug-likeness (QED) is 0.462. The first-order valence-electron chi connectivity index (χ1n) is 10.3. The number of fused-ring (bicyclic) bond motifs is 1. The highest BCUT2D eigenvalue weighted by Crippen LogP contribution is 2.26. The molecule has 2 aromatic heterocycles. The smallest absolute Gasteiger partial charge is 0.261 e. The zero-order valence-electron chi connectivity index (χ0n) is 17.7. The molecule has 0 spiro atoms. The highest BCUT2D eigenvalue weighted by Gasteiger charge is 2.35. The number of hydrogen-bond acceptors (Lipinski definition) is 5. The van der Waals surface area contributed by atoms with Crippen LogP contribution < -0.4 is 5.32 Å². The SMILES string of the molecule is Cc1c(NC(=O)c2cccc(CN3C(=O)c4ccccc4C3=O)c2)n[nH]c1-c1ccncc1. The van der Waals surface area contributed by atoms with Gasteiger partial charge in [-0.2, -0.15) is 5.10 Å². The third-order valence-corrected chi connectivity index (χ3v) is 5.62. The maximum atomic E-state index is 12.9. The van der Waals surface area contributed by atoms with E-state index in [1.165, 1.54) is 4.90 Å². The second-order valence-electron chi connectivity index (χ2n) is 7.70. The highest BCUT2D eigenvalue weighted by molar-refractivity contribution is 6.21. The number of benzene rings is 2. The van der Waals surface area contributed by atoms with Crippen molar-refractivity contribution in [2.45, 2.75) is 13.5 Å². The number of hydrogen-bond donors (Lipinski definition) is 2. The molecule has 0 saturated carbocycles. The summed E-state index contributed by atoms with van der Waals surface area (Å²) in [5.41, 5.74) is 4.39. The average Bonchev–Trinajstić information content (AvgIpc) is 3.32. The van der Waals surface area contributed by atoms with Crippen molar-refractivity contribution >= 4 is 23.5 Å². The number of pyridine rings is 1. The molecule has 0 radical (unpaired) electrons. The number of aromatic nitrogens is 3. The molecule has 0 atom stereocenters. The summed E-state index contributed by atoms with van der Waals surface area (Å²) in [7, 11) is 0. The number of nitrogens with zero attached hydrogens (tertiary/aromatic N) is 3. The van der Waals surface area contributed by atoms with Crippen LogP contribution in [0.25, 0.3) is 11.3 Å². The zero-order chi connectivity index (χ0) is 22.9. The van der Waals surface area contributed by atoms with E-state index in [9.17, 15) is 14.4 Å². The lowest BCUT2D eigenvalue weighted by Crippen LogP contribution is -2.29. The van der Waals surface area contributed by atoms with Crippen molar-refractivity contribution in [3.63, 3.8) is 0 Å². The van der Waals surface area contributed by atoms with E-state index in [2.05, 4.69) is 20.5 Å². The molecule has 1 aliphatic rings. The Labute approximate surface area is 189 Å². The minimum atomic E-state index is -0.338. The van der Waals surface area contributed by atoms with Gasteiger partial charge in [-0.3, -0.25) is 29.4 Å². The molecular weight excluding hydrogens is 418 g/mol. The van der Waals surface area contributed by atoms with Crippen LogP contribution in [0.1, 0.15) is 42.2 Å². The normalized spacial score (nSPS) is 12.7. The summed E-state index contributed by atoms with van der Waals surface area (Å²) in [5.74, 6) is -0.574. The van der Waals surface area contributed by atoms with Gasteiger partial charge in [0.05, 0.1) is 23.4 Å². The molecule has 5 rings (SSSR count). The van der Waals surface area contributed by atoms with E-state index >= 15 is 0 Å². The Morgan fingerprint density at radius 1 is 0.970 bits per heavy atom. The molecular formula is C25H19N5O3.